The number of rotatable bonds is 5. The van der Waals surface area contributed by atoms with E-state index in [1.54, 1.807) is 13.3 Å². The highest BCUT2D eigenvalue weighted by Crippen LogP contribution is 2.25. The minimum atomic E-state index is 0.238. The highest BCUT2D eigenvalue weighted by molar-refractivity contribution is 5.91. The van der Waals surface area contributed by atoms with Gasteiger partial charge in [0.05, 0.1) is 6.61 Å². The van der Waals surface area contributed by atoms with Gasteiger partial charge < -0.3 is 15.2 Å². The third-order valence-corrected chi connectivity index (χ3v) is 4.14. The van der Waals surface area contributed by atoms with Crippen molar-refractivity contribution < 1.29 is 9.47 Å². The van der Waals surface area contributed by atoms with Crippen molar-refractivity contribution in [2.45, 2.75) is 18.9 Å². The second-order valence-corrected chi connectivity index (χ2v) is 5.75. The lowest BCUT2D eigenvalue weighted by Gasteiger charge is -2.32. The number of ether oxygens (including phenoxy) is 2. The molecule has 1 unspecified atom stereocenters. The summed E-state index contributed by atoms with van der Waals surface area (Å²) < 4.78 is 11.3. The predicted molar refractivity (Wildman–Crippen MR) is 88.1 cm³/mol. The van der Waals surface area contributed by atoms with Gasteiger partial charge in [-0.3, -0.25) is 4.90 Å². The Morgan fingerprint density at radius 3 is 3.14 bits per heavy atom. The normalized spacial score (nSPS) is 19.4. The van der Waals surface area contributed by atoms with Gasteiger partial charge in [-0.15, -0.1) is 0 Å². The van der Waals surface area contributed by atoms with Crippen LogP contribution in [0.5, 0.6) is 5.75 Å². The van der Waals surface area contributed by atoms with Gasteiger partial charge >= 0.3 is 0 Å². The molecular weight excluding hydrogens is 278 g/mol. The van der Waals surface area contributed by atoms with E-state index < -0.39 is 0 Å². The maximum atomic E-state index is 6.17. The van der Waals surface area contributed by atoms with E-state index in [1.807, 2.05) is 24.3 Å². The Morgan fingerprint density at radius 1 is 1.36 bits per heavy atom. The molecule has 1 aromatic carbocycles. The first-order valence-electron chi connectivity index (χ1n) is 7.78. The molecule has 5 heteroatoms. The van der Waals surface area contributed by atoms with E-state index in [-0.39, 0.29) is 6.10 Å². The zero-order chi connectivity index (χ0) is 15.4. The molecule has 1 aromatic heterocycles. The lowest BCUT2D eigenvalue weighted by Crippen LogP contribution is -2.42. The van der Waals surface area contributed by atoms with Gasteiger partial charge in [0.2, 0.25) is 0 Å². The second-order valence-electron chi connectivity index (χ2n) is 5.75. The summed E-state index contributed by atoms with van der Waals surface area (Å²) in [6.07, 6.45) is 4.23. The fourth-order valence-corrected chi connectivity index (χ4v) is 2.98. The van der Waals surface area contributed by atoms with Crippen LogP contribution in [0.4, 0.5) is 5.82 Å². The summed E-state index contributed by atoms with van der Waals surface area (Å²) in [6, 6.07) is 7.97. The van der Waals surface area contributed by atoms with E-state index in [0.29, 0.717) is 5.82 Å². The van der Waals surface area contributed by atoms with E-state index in [1.165, 1.54) is 6.42 Å². The predicted octanol–water partition coefficient (Wildman–Crippen LogP) is 2.31. The first kappa shape index (κ1) is 15.1. The zero-order valence-corrected chi connectivity index (χ0v) is 13.0. The van der Waals surface area contributed by atoms with Crippen molar-refractivity contribution in [1.82, 2.24) is 9.88 Å². The molecule has 22 heavy (non-hydrogen) atoms. The molecule has 2 aromatic rings. The van der Waals surface area contributed by atoms with Gasteiger partial charge in [-0.05, 0) is 49.0 Å². The monoisotopic (exact) mass is 301 g/mol. The Balaban J connectivity index is 1.67. The Labute approximate surface area is 131 Å². The number of hydrogen-bond donors (Lipinski definition) is 1. The molecule has 2 heterocycles. The van der Waals surface area contributed by atoms with Crippen LogP contribution in [0.3, 0.4) is 0 Å². The van der Waals surface area contributed by atoms with Crippen LogP contribution in [0.25, 0.3) is 10.8 Å². The molecule has 1 aliphatic rings. The SMILES string of the molecule is COCCN1CCCC(Oc2ccc3c(N)nccc3c2)C1. The summed E-state index contributed by atoms with van der Waals surface area (Å²) in [5.41, 5.74) is 5.88. The summed E-state index contributed by atoms with van der Waals surface area (Å²) in [4.78, 5) is 6.51. The average molecular weight is 301 g/mol. The minimum Gasteiger partial charge on any atom is -0.489 e. The van der Waals surface area contributed by atoms with E-state index in [2.05, 4.69) is 9.88 Å². The van der Waals surface area contributed by atoms with E-state index in [4.69, 9.17) is 15.2 Å². The van der Waals surface area contributed by atoms with Gasteiger partial charge in [0.25, 0.3) is 0 Å². The third kappa shape index (κ3) is 3.48. The van der Waals surface area contributed by atoms with Gasteiger partial charge in [0, 0.05) is 31.8 Å². The smallest absolute Gasteiger partial charge is 0.131 e. The number of hydrogen-bond acceptors (Lipinski definition) is 5. The summed E-state index contributed by atoms with van der Waals surface area (Å²) >= 11 is 0. The number of likely N-dealkylation sites (tertiary alicyclic amines) is 1. The number of anilines is 1. The van der Waals surface area contributed by atoms with Gasteiger partial charge in [0.1, 0.15) is 17.7 Å². The van der Waals surface area contributed by atoms with Gasteiger partial charge in [0.15, 0.2) is 0 Å². The first-order chi connectivity index (χ1) is 10.8. The van der Waals surface area contributed by atoms with Gasteiger partial charge in [-0.2, -0.15) is 0 Å². The van der Waals surface area contributed by atoms with Gasteiger partial charge in [-0.1, -0.05) is 0 Å². The Bertz CT molecular complexity index is 632. The van der Waals surface area contributed by atoms with Crippen LogP contribution < -0.4 is 10.5 Å². The van der Waals surface area contributed by atoms with Crippen LogP contribution in [0, 0.1) is 0 Å². The molecule has 118 valence electrons. The van der Waals surface area contributed by atoms with Crippen molar-refractivity contribution >= 4 is 16.6 Å². The van der Waals surface area contributed by atoms with E-state index >= 15 is 0 Å². The van der Waals surface area contributed by atoms with Crippen LogP contribution in [0.1, 0.15) is 12.8 Å². The maximum Gasteiger partial charge on any atom is 0.131 e. The van der Waals surface area contributed by atoms with Crippen LogP contribution in [0.15, 0.2) is 30.5 Å². The highest BCUT2D eigenvalue weighted by atomic mass is 16.5. The summed E-state index contributed by atoms with van der Waals surface area (Å²) in [5.74, 6) is 1.46. The number of benzene rings is 1. The Morgan fingerprint density at radius 2 is 2.27 bits per heavy atom. The van der Waals surface area contributed by atoms with E-state index in [0.717, 1.165) is 49.2 Å². The number of nitrogens with two attached hydrogens (primary N) is 1. The van der Waals surface area contributed by atoms with Crippen LogP contribution in [-0.4, -0.2) is 49.3 Å². The van der Waals surface area contributed by atoms with Crippen molar-refractivity contribution in [2.24, 2.45) is 0 Å². The van der Waals surface area contributed by atoms with Crippen molar-refractivity contribution in [3.63, 3.8) is 0 Å². The standard InChI is InChI=1S/C17H23N3O2/c1-21-10-9-20-8-2-3-15(12-20)22-14-4-5-16-13(11-14)6-7-19-17(16)18/h4-7,11,15H,2-3,8-10,12H2,1H3,(H2,18,19). The molecule has 0 aliphatic carbocycles. The number of nitrogens with zero attached hydrogens (tertiary/aromatic N) is 2. The Hall–Kier alpha value is -1.85. The summed E-state index contributed by atoms with van der Waals surface area (Å²) in [6.45, 7) is 3.83. The first-order valence-corrected chi connectivity index (χ1v) is 7.78. The number of methoxy groups -OCH3 is 1. The number of piperidine rings is 1. The number of aromatic nitrogens is 1. The molecule has 5 nitrogen and oxygen atoms in total. The topological polar surface area (TPSA) is 60.6 Å². The second kappa shape index (κ2) is 6.94. The highest BCUT2D eigenvalue weighted by Gasteiger charge is 2.21. The number of pyridine rings is 1. The average Bonchev–Trinajstić information content (AvgIpc) is 2.53. The molecule has 2 N–H and O–H groups in total. The number of fused-ring (bicyclic) bond motifs is 1. The summed E-state index contributed by atoms with van der Waals surface area (Å²) in [5, 5.41) is 2.04. The molecule has 0 bridgehead atoms. The molecule has 0 radical (unpaired) electrons. The van der Waals surface area contributed by atoms with Crippen LogP contribution in [-0.2, 0) is 4.74 Å². The fraction of sp³-hybridized carbons (Fsp3) is 0.471. The molecule has 1 aliphatic heterocycles. The van der Waals surface area contributed by atoms with Crippen molar-refractivity contribution in [1.29, 1.82) is 0 Å². The van der Waals surface area contributed by atoms with Crippen molar-refractivity contribution in [3.8, 4) is 5.75 Å². The van der Waals surface area contributed by atoms with Crippen LogP contribution >= 0.6 is 0 Å². The lowest BCUT2D eigenvalue weighted by molar-refractivity contribution is 0.0683. The van der Waals surface area contributed by atoms with Crippen molar-refractivity contribution in [3.05, 3.63) is 30.5 Å². The van der Waals surface area contributed by atoms with Crippen molar-refractivity contribution in [2.75, 3.05) is 39.1 Å². The molecule has 1 saturated heterocycles. The molecular formula is C17H23N3O2. The quantitative estimate of drug-likeness (QED) is 0.918. The molecule has 0 amide bonds. The zero-order valence-electron chi connectivity index (χ0n) is 13.0. The van der Waals surface area contributed by atoms with E-state index in [9.17, 15) is 0 Å². The molecule has 1 atom stereocenters. The molecule has 0 spiro atoms. The summed E-state index contributed by atoms with van der Waals surface area (Å²) in [7, 11) is 1.74. The van der Waals surface area contributed by atoms with Crippen LogP contribution in [0.2, 0.25) is 0 Å². The molecule has 1 fully saturated rings. The molecule has 0 saturated carbocycles. The fourth-order valence-electron chi connectivity index (χ4n) is 2.98. The maximum absolute atomic E-state index is 6.17. The van der Waals surface area contributed by atoms with Gasteiger partial charge in [-0.25, -0.2) is 4.98 Å². The Kier molecular flexibility index (Phi) is 4.75. The largest absolute Gasteiger partial charge is 0.489 e. The number of nitrogen functional groups attached to an aromatic ring is 1. The third-order valence-electron chi connectivity index (χ3n) is 4.14. The molecule has 3 rings (SSSR count). The minimum absolute atomic E-state index is 0.238. The lowest BCUT2D eigenvalue weighted by atomic mass is 10.1.